The molecule has 2 aromatic rings. The van der Waals surface area contributed by atoms with Gasteiger partial charge in [0, 0.05) is 22.0 Å². The molecule has 1 N–H and O–H groups in total. The maximum absolute atomic E-state index is 12.9. The van der Waals surface area contributed by atoms with Gasteiger partial charge < -0.3 is 9.84 Å². The molecule has 1 aliphatic heterocycles. The first-order valence-corrected chi connectivity index (χ1v) is 8.52. The highest BCUT2D eigenvalue weighted by Crippen LogP contribution is 2.35. The minimum Gasteiger partial charge on any atom is -0.339 e. The van der Waals surface area contributed by atoms with E-state index in [0.717, 1.165) is 11.3 Å². The number of hydrogen-bond acceptors (Lipinski definition) is 5. The van der Waals surface area contributed by atoms with Crippen LogP contribution in [0, 0.1) is 0 Å². The standard InChI is InChI=1S/C16H16Cl2N4O3/c1-3-4-13-19-12(21-25-13)8-22-14(23)16(2,20-15(22)24)10-6-5-9(17)7-11(10)18/h5-7H,3-4,8H2,1-2H3,(H,20,24). The van der Waals surface area contributed by atoms with Crippen molar-refractivity contribution >= 4 is 35.1 Å². The SMILES string of the molecule is CCCc1nc(CN2C(=O)NC(C)(c3ccc(Cl)cc3Cl)C2=O)no1. The van der Waals surface area contributed by atoms with Crippen molar-refractivity contribution in [2.45, 2.75) is 38.8 Å². The number of carbonyl (C=O) groups is 2. The monoisotopic (exact) mass is 382 g/mol. The second-order valence-corrected chi connectivity index (χ2v) is 6.77. The first-order valence-electron chi connectivity index (χ1n) is 7.76. The number of aryl methyl sites for hydroxylation is 1. The minimum atomic E-state index is -1.28. The van der Waals surface area contributed by atoms with Crippen molar-refractivity contribution in [2.75, 3.05) is 0 Å². The number of benzene rings is 1. The van der Waals surface area contributed by atoms with E-state index < -0.39 is 17.5 Å². The second-order valence-electron chi connectivity index (χ2n) is 5.92. The van der Waals surface area contributed by atoms with E-state index in [0.29, 0.717) is 27.9 Å². The average Bonchev–Trinajstić information content (AvgIpc) is 3.06. The summed E-state index contributed by atoms with van der Waals surface area (Å²) in [6, 6.07) is 4.23. The van der Waals surface area contributed by atoms with Crippen LogP contribution in [0.15, 0.2) is 22.7 Å². The number of hydrogen-bond donors (Lipinski definition) is 1. The van der Waals surface area contributed by atoms with Crippen molar-refractivity contribution in [2.24, 2.45) is 0 Å². The minimum absolute atomic E-state index is 0.0708. The van der Waals surface area contributed by atoms with E-state index in [1.807, 2.05) is 6.92 Å². The summed E-state index contributed by atoms with van der Waals surface area (Å²) in [5.41, 5.74) is -0.812. The van der Waals surface area contributed by atoms with Crippen LogP contribution < -0.4 is 5.32 Å². The molecular weight excluding hydrogens is 367 g/mol. The fourth-order valence-corrected chi connectivity index (χ4v) is 3.33. The molecule has 3 amide bonds. The summed E-state index contributed by atoms with van der Waals surface area (Å²) in [4.78, 5) is 30.4. The van der Waals surface area contributed by atoms with Gasteiger partial charge in [0.25, 0.3) is 5.91 Å². The third-order valence-electron chi connectivity index (χ3n) is 4.02. The number of urea groups is 1. The van der Waals surface area contributed by atoms with Crippen LogP contribution in [0.1, 0.15) is 37.5 Å². The fraction of sp³-hybridized carbons (Fsp3) is 0.375. The lowest BCUT2D eigenvalue weighted by molar-refractivity contribution is -0.131. The fourth-order valence-electron chi connectivity index (χ4n) is 2.73. The maximum atomic E-state index is 12.9. The van der Waals surface area contributed by atoms with Crippen molar-refractivity contribution in [1.29, 1.82) is 0 Å². The van der Waals surface area contributed by atoms with Crippen molar-refractivity contribution in [3.05, 3.63) is 45.5 Å². The Morgan fingerprint density at radius 3 is 2.76 bits per heavy atom. The molecule has 1 fully saturated rings. The highest BCUT2D eigenvalue weighted by molar-refractivity contribution is 6.35. The summed E-state index contributed by atoms with van der Waals surface area (Å²) < 4.78 is 5.09. The zero-order valence-corrected chi connectivity index (χ0v) is 15.2. The number of carbonyl (C=O) groups excluding carboxylic acids is 2. The first kappa shape index (κ1) is 17.7. The zero-order valence-electron chi connectivity index (χ0n) is 13.7. The van der Waals surface area contributed by atoms with Crippen LogP contribution >= 0.6 is 23.2 Å². The van der Waals surface area contributed by atoms with Gasteiger partial charge in [-0.15, -0.1) is 0 Å². The Morgan fingerprint density at radius 2 is 2.08 bits per heavy atom. The summed E-state index contributed by atoms with van der Waals surface area (Å²) in [5, 5.41) is 7.24. The van der Waals surface area contributed by atoms with Crippen LogP contribution in [0.2, 0.25) is 10.0 Å². The predicted octanol–water partition coefficient (Wildman–Crippen LogP) is 3.30. The molecule has 1 saturated heterocycles. The molecule has 1 aliphatic rings. The smallest absolute Gasteiger partial charge is 0.325 e. The lowest BCUT2D eigenvalue weighted by Gasteiger charge is -2.23. The van der Waals surface area contributed by atoms with Crippen LogP contribution in [0.5, 0.6) is 0 Å². The van der Waals surface area contributed by atoms with E-state index in [1.165, 1.54) is 6.07 Å². The molecule has 1 aromatic heterocycles. The Labute approximate surface area is 154 Å². The lowest BCUT2D eigenvalue weighted by atomic mass is 9.92. The second kappa shape index (κ2) is 6.65. The molecular formula is C16H16Cl2N4O3. The molecule has 0 spiro atoms. The first-order chi connectivity index (χ1) is 11.8. The molecule has 0 bridgehead atoms. The molecule has 1 unspecified atom stereocenters. The van der Waals surface area contributed by atoms with Gasteiger partial charge in [0.2, 0.25) is 5.89 Å². The van der Waals surface area contributed by atoms with Gasteiger partial charge in [0.1, 0.15) is 5.54 Å². The van der Waals surface area contributed by atoms with Crippen LogP contribution in [0.25, 0.3) is 0 Å². The topological polar surface area (TPSA) is 88.3 Å². The van der Waals surface area contributed by atoms with Crippen molar-refractivity contribution in [1.82, 2.24) is 20.4 Å². The summed E-state index contributed by atoms with van der Waals surface area (Å²) in [7, 11) is 0. The van der Waals surface area contributed by atoms with Gasteiger partial charge in [-0.2, -0.15) is 4.98 Å². The van der Waals surface area contributed by atoms with Gasteiger partial charge in [-0.25, -0.2) is 4.79 Å². The Hall–Kier alpha value is -2.12. The number of nitrogens with one attached hydrogen (secondary N) is 1. The molecule has 7 nitrogen and oxygen atoms in total. The van der Waals surface area contributed by atoms with Crippen molar-refractivity contribution < 1.29 is 14.1 Å². The third kappa shape index (κ3) is 3.21. The number of nitrogens with zero attached hydrogens (tertiary/aromatic N) is 3. The Kier molecular flexibility index (Phi) is 4.71. The molecule has 132 valence electrons. The van der Waals surface area contributed by atoms with Crippen LogP contribution in [0.4, 0.5) is 4.79 Å². The molecule has 9 heteroatoms. The number of imide groups is 1. The highest BCUT2D eigenvalue weighted by atomic mass is 35.5. The van der Waals surface area contributed by atoms with E-state index >= 15 is 0 Å². The van der Waals surface area contributed by atoms with Gasteiger partial charge in [0.05, 0.1) is 6.54 Å². The quantitative estimate of drug-likeness (QED) is 0.801. The molecule has 0 radical (unpaired) electrons. The normalized spacial score (nSPS) is 20.2. The van der Waals surface area contributed by atoms with E-state index in [2.05, 4.69) is 15.5 Å². The van der Waals surface area contributed by atoms with Crippen molar-refractivity contribution in [3.63, 3.8) is 0 Å². The zero-order chi connectivity index (χ0) is 18.2. The van der Waals surface area contributed by atoms with E-state index in [9.17, 15) is 9.59 Å². The maximum Gasteiger partial charge on any atom is 0.325 e. The lowest BCUT2D eigenvalue weighted by Crippen LogP contribution is -2.41. The Balaban J connectivity index is 1.86. The number of amides is 3. The van der Waals surface area contributed by atoms with Crippen LogP contribution in [-0.4, -0.2) is 27.0 Å². The summed E-state index contributed by atoms with van der Waals surface area (Å²) >= 11 is 12.1. The molecule has 25 heavy (non-hydrogen) atoms. The summed E-state index contributed by atoms with van der Waals surface area (Å²) in [6.07, 6.45) is 1.50. The summed E-state index contributed by atoms with van der Waals surface area (Å²) in [5.74, 6) is 0.315. The molecule has 1 aromatic carbocycles. The molecule has 2 heterocycles. The molecule has 3 rings (SSSR count). The van der Waals surface area contributed by atoms with Gasteiger partial charge >= 0.3 is 6.03 Å². The Morgan fingerprint density at radius 1 is 1.32 bits per heavy atom. The Bertz CT molecular complexity index is 839. The van der Waals surface area contributed by atoms with Crippen LogP contribution in [-0.2, 0) is 23.3 Å². The molecule has 0 saturated carbocycles. The third-order valence-corrected chi connectivity index (χ3v) is 4.57. The van der Waals surface area contributed by atoms with E-state index in [-0.39, 0.29) is 12.4 Å². The highest BCUT2D eigenvalue weighted by Gasteiger charge is 2.50. The molecule has 0 aliphatic carbocycles. The number of halogens is 2. The van der Waals surface area contributed by atoms with Gasteiger partial charge in [0.15, 0.2) is 5.82 Å². The largest absolute Gasteiger partial charge is 0.339 e. The summed E-state index contributed by atoms with van der Waals surface area (Å²) in [6.45, 7) is 3.52. The molecule has 1 atom stereocenters. The average molecular weight is 383 g/mol. The van der Waals surface area contributed by atoms with Crippen LogP contribution in [0.3, 0.4) is 0 Å². The number of rotatable bonds is 5. The predicted molar refractivity (Wildman–Crippen MR) is 91.2 cm³/mol. The van der Waals surface area contributed by atoms with Gasteiger partial charge in [-0.1, -0.05) is 41.3 Å². The van der Waals surface area contributed by atoms with E-state index in [1.54, 1.807) is 19.1 Å². The van der Waals surface area contributed by atoms with Gasteiger partial charge in [-0.05, 0) is 25.5 Å². The number of aromatic nitrogens is 2. The van der Waals surface area contributed by atoms with E-state index in [4.69, 9.17) is 27.7 Å². The van der Waals surface area contributed by atoms with Gasteiger partial charge in [-0.3, -0.25) is 9.69 Å². The van der Waals surface area contributed by atoms with Crippen molar-refractivity contribution in [3.8, 4) is 0 Å².